The van der Waals surface area contributed by atoms with Gasteiger partial charge < -0.3 is 20.3 Å². The number of carbonyl (C=O) groups is 2. The van der Waals surface area contributed by atoms with E-state index >= 15 is 0 Å². The minimum absolute atomic E-state index is 0.0534. The zero-order valence-electron chi connectivity index (χ0n) is 18.5. The van der Waals surface area contributed by atoms with Gasteiger partial charge in [-0.2, -0.15) is 0 Å². The molecule has 0 spiro atoms. The number of amides is 2. The molecule has 1 saturated heterocycles. The molecule has 11 nitrogen and oxygen atoms in total. The summed E-state index contributed by atoms with van der Waals surface area (Å²) in [4.78, 5) is 46.2. The summed E-state index contributed by atoms with van der Waals surface area (Å²) in [5, 5.41) is 21.4. The molecule has 32 heavy (non-hydrogen) atoms. The van der Waals surface area contributed by atoms with Gasteiger partial charge in [0.1, 0.15) is 17.8 Å². The molecule has 1 saturated carbocycles. The van der Waals surface area contributed by atoms with Crippen molar-refractivity contribution in [2.75, 3.05) is 6.54 Å². The van der Waals surface area contributed by atoms with Gasteiger partial charge in [0.25, 0.3) is 5.56 Å². The van der Waals surface area contributed by atoms with Crippen molar-refractivity contribution in [1.82, 2.24) is 35.2 Å². The third-order valence-electron chi connectivity index (χ3n) is 5.92. The molecule has 0 aromatic carbocycles. The first-order chi connectivity index (χ1) is 15.1. The summed E-state index contributed by atoms with van der Waals surface area (Å²) < 4.78 is 1.59. The van der Waals surface area contributed by atoms with Gasteiger partial charge in [-0.3, -0.25) is 19.4 Å². The van der Waals surface area contributed by atoms with Gasteiger partial charge in [-0.05, 0) is 18.3 Å². The van der Waals surface area contributed by atoms with Crippen molar-refractivity contribution in [2.24, 2.45) is 5.41 Å². The van der Waals surface area contributed by atoms with Crippen LogP contribution in [-0.4, -0.2) is 65.5 Å². The van der Waals surface area contributed by atoms with Gasteiger partial charge in [0.15, 0.2) is 0 Å². The molecule has 2 aromatic rings. The fourth-order valence-electron chi connectivity index (χ4n) is 4.12. The largest absolute Gasteiger partial charge is 0.391 e. The number of carbonyl (C=O) groups excluding carboxylic acids is 2. The summed E-state index contributed by atoms with van der Waals surface area (Å²) in [5.41, 5.74) is 0.155. The first-order valence-corrected chi connectivity index (χ1v) is 10.9. The Kier molecular flexibility index (Phi) is 5.85. The van der Waals surface area contributed by atoms with Crippen LogP contribution in [0.5, 0.6) is 0 Å². The Labute approximate surface area is 185 Å². The maximum Gasteiger partial charge on any atom is 0.271 e. The number of hydrogen-bond donors (Lipinski definition) is 3. The third kappa shape index (κ3) is 4.57. The fourth-order valence-corrected chi connectivity index (χ4v) is 4.12. The second-order valence-electron chi connectivity index (χ2n) is 9.64. The van der Waals surface area contributed by atoms with Crippen molar-refractivity contribution in [3.8, 4) is 0 Å². The van der Waals surface area contributed by atoms with Gasteiger partial charge in [-0.25, -0.2) is 4.68 Å². The summed E-state index contributed by atoms with van der Waals surface area (Å²) in [5.74, 6) is -0.330. The van der Waals surface area contributed by atoms with Crippen molar-refractivity contribution in [1.29, 1.82) is 0 Å². The molecule has 1 aliphatic heterocycles. The molecule has 2 unspecified atom stereocenters. The monoisotopic (exact) mass is 443 g/mol. The fraction of sp³-hybridized carbons (Fsp3) is 0.619. The van der Waals surface area contributed by atoms with Gasteiger partial charge in [0, 0.05) is 37.5 Å². The van der Waals surface area contributed by atoms with E-state index in [-0.39, 0.29) is 31.1 Å². The Morgan fingerprint density at radius 1 is 1.34 bits per heavy atom. The Bertz CT molecular complexity index is 1050. The highest BCUT2D eigenvalue weighted by Crippen LogP contribution is 2.40. The second kappa shape index (κ2) is 8.45. The van der Waals surface area contributed by atoms with Gasteiger partial charge in [0.2, 0.25) is 11.8 Å². The van der Waals surface area contributed by atoms with Crippen LogP contribution in [0.2, 0.25) is 0 Å². The lowest BCUT2D eigenvalue weighted by Crippen LogP contribution is -2.50. The quantitative estimate of drug-likeness (QED) is 0.574. The van der Waals surface area contributed by atoms with E-state index in [1.807, 2.05) is 27.0 Å². The maximum atomic E-state index is 13.7. The van der Waals surface area contributed by atoms with E-state index in [1.54, 1.807) is 4.68 Å². The van der Waals surface area contributed by atoms with Crippen molar-refractivity contribution < 1.29 is 14.7 Å². The van der Waals surface area contributed by atoms with Crippen molar-refractivity contribution in [2.45, 2.75) is 70.7 Å². The lowest BCUT2D eigenvalue weighted by Gasteiger charge is -2.34. The molecule has 3 atom stereocenters. The van der Waals surface area contributed by atoms with Gasteiger partial charge in [-0.1, -0.05) is 26.0 Å². The van der Waals surface area contributed by atoms with Crippen molar-refractivity contribution in [3.05, 3.63) is 40.3 Å². The molecular weight excluding hydrogens is 414 g/mol. The van der Waals surface area contributed by atoms with Crippen molar-refractivity contribution in [3.63, 3.8) is 0 Å². The predicted octanol–water partition coefficient (Wildman–Crippen LogP) is 0.104. The number of nitrogens with one attached hydrogen (secondary N) is 2. The minimum Gasteiger partial charge on any atom is -0.391 e. The number of aliphatic hydroxyl groups excluding tert-OH is 1. The molecule has 172 valence electrons. The number of β-amino-alcohol motifs (C(OH)–C–C–N with tert-alkyl or cyclic N) is 1. The molecule has 2 aliphatic rings. The Morgan fingerprint density at radius 2 is 2.09 bits per heavy atom. The van der Waals surface area contributed by atoms with Gasteiger partial charge in [-0.15, -0.1) is 5.10 Å². The van der Waals surface area contributed by atoms with Crippen LogP contribution in [-0.2, 0) is 16.1 Å². The number of aromatic amines is 1. The van der Waals surface area contributed by atoms with E-state index in [9.17, 15) is 19.5 Å². The van der Waals surface area contributed by atoms with E-state index in [1.165, 1.54) is 17.3 Å². The zero-order valence-corrected chi connectivity index (χ0v) is 18.5. The van der Waals surface area contributed by atoms with Gasteiger partial charge >= 0.3 is 0 Å². The van der Waals surface area contributed by atoms with Crippen LogP contribution in [0.15, 0.2) is 23.4 Å². The van der Waals surface area contributed by atoms with Crippen LogP contribution < -0.4 is 10.9 Å². The number of likely N-dealkylation sites (tertiary alicyclic amines) is 1. The first-order valence-electron chi connectivity index (χ1n) is 10.9. The average molecular weight is 444 g/mol. The molecular formula is C21H29N7O4. The maximum absolute atomic E-state index is 13.7. The highest BCUT2D eigenvalue weighted by molar-refractivity contribution is 5.90. The van der Waals surface area contributed by atoms with Crippen LogP contribution in [0.1, 0.15) is 63.4 Å². The molecule has 11 heteroatoms. The van der Waals surface area contributed by atoms with E-state index in [2.05, 4.69) is 25.6 Å². The summed E-state index contributed by atoms with van der Waals surface area (Å²) in [6.07, 6.45) is 6.12. The molecule has 1 aliphatic carbocycles. The van der Waals surface area contributed by atoms with Crippen LogP contribution in [0.3, 0.4) is 0 Å². The highest BCUT2D eigenvalue weighted by atomic mass is 16.3. The van der Waals surface area contributed by atoms with Crippen molar-refractivity contribution >= 4 is 11.8 Å². The third-order valence-corrected chi connectivity index (χ3v) is 5.92. The lowest BCUT2D eigenvalue weighted by atomic mass is 9.85. The molecule has 2 amide bonds. The number of aliphatic hydroxyl groups is 1. The summed E-state index contributed by atoms with van der Waals surface area (Å²) in [6, 6.07) is -1.53. The lowest BCUT2D eigenvalue weighted by molar-refractivity contribution is -0.144. The summed E-state index contributed by atoms with van der Waals surface area (Å²) in [6.45, 7) is 5.78. The number of hydrogen-bond acceptors (Lipinski definition) is 7. The number of H-pyrrole nitrogens is 1. The number of aromatic nitrogens is 5. The van der Waals surface area contributed by atoms with Crippen LogP contribution in [0, 0.1) is 5.41 Å². The summed E-state index contributed by atoms with van der Waals surface area (Å²) >= 11 is 0. The molecule has 3 heterocycles. The second-order valence-corrected chi connectivity index (χ2v) is 9.64. The smallest absolute Gasteiger partial charge is 0.271 e. The number of nitrogens with zero attached hydrogens (tertiary/aromatic N) is 5. The standard InChI is InChI=1S/C21H29N7O4/c1-21(2,3)17(28-11-15(25-26-28)12-4-5-12)20(32)27-10-13(29)8-16(27)19(31)24-9-14-18(30)23-7-6-22-14/h6-7,11-13,16-17,29H,4-5,8-10H2,1-3H3,(H,23,30)(H,24,31)/t13?,16?,17-/m1/s1. The molecule has 2 fully saturated rings. The highest BCUT2D eigenvalue weighted by Gasteiger charge is 2.45. The minimum atomic E-state index is -0.850. The predicted molar refractivity (Wildman–Crippen MR) is 113 cm³/mol. The van der Waals surface area contributed by atoms with Crippen LogP contribution in [0.25, 0.3) is 0 Å². The Morgan fingerprint density at radius 3 is 2.75 bits per heavy atom. The Hall–Kier alpha value is -3.08. The number of rotatable bonds is 6. The zero-order chi connectivity index (χ0) is 23.0. The van der Waals surface area contributed by atoms with Crippen LogP contribution in [0.4, 0.5) is 0 Å². The Balaban J connectivity index is 1.53. The van der Waals surface area contributed by atoms with E-state index in [4.69, 9.17) is 0 Å². The first kappa shape index (κ1) is 22.1. The normalized spacial score (nSPS) is 22.1. The molecule has 3 N–H and O–H groups in total. The van der Waals surface area contributed by atoms with Crippen LogP contribution >= 0.6 is 0 Å². The topological polar surface area (TPSA) is 146 Å². The van der Waals surface area contributed by atoms with E-state index < -0.39 is 35.1 Å². The van der Waals surface area contributed by atoms with Gasteiger partial charge in [0.05, 0.1) is 18.3 Å². The average Bonchev–Trinajstić information content (AvgIpc) is 3.34. The summed E-state index contributed by atoms with van der Waals surface area (Å²) in [7, 11) is 0. The molecule has 4 rings (SSSR count). The SMILES string of the molecule is CC(C)(C)[C@@H](C(=O)N1CC(O)CC1C(=O)NCc1ncc[nH]c1=O)n1cc(C2CC2)nn1. The molecule has 0 bridgehead atoms. The van der Waals surface area contributed by atoms with E-state index in [0.29, 0.717) is 5.92 Å². The molecule has 2 aromatic heterocycles. The molecule has 0 radical (unpaired) electrons. The van der Waals surface area contributed by atoms with E-state index in [0.717, 1.165) is 18.5 Å².